The van der Waals surface area contributed by atoms with Gasteiger partial charge in [0.1, 0.15) is 11.8 Å². The highest BCUT2D eigenvalue weighted by molar-refractivity contribution is 5.87. The van der Waals surface area contributed by atoms with Crippen molar-refractivity contribution in [3.8, 4) is 5.75 Å². The number of carbonyl (C=O) groups excluding carboxylic acids is 1. The van der Waals surface area contributed by atoms with Gasteiger partial charge in [0.05, 0.1) is 13.2 Å². The van der Waals surface area contributed by atoms with E-state index in [4.69, 9.17) is 4.74 Å². The number of benzene rings is 2. The van der Waals surface area contributed by atoms with Gasteiger partial charge >= 0.3 is 5.97 Å². The van der Waals surface area contributed by atoms with E-state index in [0.29, 0.717) is 6.42 Å². The highest BCUT2D eigenvalue weighted by atomic mass is 16.5. The van der Waals surface area contributed by atoms with Gasteiger partial charge in [-0.25, -0.2) is 0 Å². The average molecular weight is 322 g/mol. The first-order valence-corrected chi connectivity index (χ1v) is 7.89. The molecule has 0 radical (unpaired) electrons. The predicted octanol–water partition coefficient (Wildman–Crippen LogP) is 2.65. The molecule has 122 valence electrons. The number of phenolic OH excluding ortho intramolecular Hbond substituents is 1. The summed E-state index contributed by atoms with van der Waals surface area (Å²) in [4.78, 5) is 15.6. The third-order valence-corrected chi connectivity index (χ3v) is 4.62. The number of ether oxygens (including phenoxy) is 1. The summed E-state index contributed by atoms with van der Waals surface area (Å²) >= 11 is 0. The molecule has 3 N–H and O–H groups in total. The van der Waals surface area contributed by atoms with E-state index >= 15 is 0 Å². The van der Waals surface area contributed by atoms with Gasteiger partial charge < -0.3 is 14.8 Å². The number of aromatic hydroxyl groups is 1. The summed E-state index contributed by atoms with van der Waals surface area (Å²) in [5, 5.41) is 14.0. The topological polar surface area (TPSA) is 74.4 Å². The number of aromatic nitrogens is 1. The minimum absolute atomic E-state index is 0.161. The number of para-hydroxylation sites is 1. The molecule has 5 heteroatoms. The van der Waals surface area contributed by atoms with Crippen LogP contribution in [0.1, 0.15) is 22.9 Å². The number of fused-ring (bicyclic) bond motifs is 3. The maximum atomic E-state index is 12.1. The normalized spacial score (nSPS) is 19.9. The standard InChI is InChI=1S/C19H18N2O3/c1-24-19(23)16-10-14-13-4-2-3-5-15(13)20-18(14)17(21-16)11-6-8-12(22)9-7-11/h2-9,16-17,20-22H,10H2,1H3. The maximum Gasteiger partial charge on any atom is 0.323 e. The fraction of sp³-hybridized carbons (Fsp3) is 0.211. The molecule has 0 aliphatic carbocycles. The summed E-state index contributed by atoms with van der Waals surface area (Å²) in [6, 6.07) is 14.6. The van der Waals surface area contributed by atoms with E-state index in [1.165, 1.54) is 7.11 Å². The van der Waals surface area contributed by atoms with Crippen LogP contribution in [-0.2, 0) is 16.0 Å². The lowest BCUT2D eigenvalue weighted by Gasteiger charge is -2.30. The van der Waals surface area contributed by atoms with Crippen LogP contribution in [0.2, 0.25) is 0 Å². The number of hydrogen-bond acceptors (Lipinski definition) is 4. The Balaban J connectivity index is 1.86. The van der Waals surface area contributed by atoms with Gasteiger partial charge in [-0.05, 0) is 29.3 Å². The van der Waals surface area contributed by atoms with E-state index in [-0.39, 0.29) is 17.8 Å². The Bertz CT molecular complexity index is 899. The molecule has 5 nitrogen and oxygen atoms in total. The molecule has 1 aliphatic rings. The Morgan fingerprint density at radius 3 is 2.67 bits per heavy atom. The van der Waals surface area contributed by atoms with Crippen molar-refractivity contribution in [1.82, 2.24) is 10.3 Å². The van der Waals surface area contributed by atoms with Gasteiger partial charge in [-0.2, -0.15) is 0 Å². The van der Waals surface area contributed by atoms with Crippen molar-refractivity contribution in [2.24, 2.45) is 0 Å². The largest absolute Gasteiger partial charge is 0.508 e. The molecule has 2 aromatic carbocycles. The number of phenols is 1. The molecule has 2 unspecified atom stereocenters. The molecular formula is C19H18N2O3. The minimum Gasteiger partial charge on any atom is -0.508 e. The van der Waals surface area contributed by atoms with E-state index in [9.17, 15) is 9.90 Å². The first-order valence-electron chi connectivity index (χ1n) is 7.89. The second-order valence-corrected chi connectivity index (χ2v) is 6.03. The number of nitrogens with one attached hydrogen (secondary N) is 2. The zero-order valence-electron chi connectivity index (χ0n) is 13.2. The van der Waals surface area contributed by atoms with Crippen LogP contribution in [0.15, 0.2) is 48.5 Å². The third kappa shape index (κ3) is 2.34. The summed E-state index contributed by atoms with van der Waals surface area (Å²) in [6.45, 7) is 0. The van der Waals surface area contributed by atoms with Crippen molar-refractivity contribution in [1.29, 1.82) is 0 Å². The van der Waals surface area contributed by atoms with Gasteiger partial charge in [0.25, 0.3) is 0 Å². The van der Waals surface area contributed by atoms with Gasteiger partial charge in [0.15, 0.2) is 0 Å². The average Bonchev–Trinajstić information content (AvgIpc) is 2.99. The number of hydrogen-bond donors (Lipinski definition) is 3. The van der Waals surface area contributed by atoms with E-state index in [1.807, 2.05) is 30.3 Å². The Kier molecular flexibility index (Phi) is 3.50. The van der Waals surface area contributed by atoms with Crippen LogP contribution in [0.4, 0.5) is 0 Å². The minimum atomic E-state index is -0.402. The lowest BCUT2D eigenvalue weighted by Crippen LogP contribution is -2.45. The first kappa shape index (κ1) is 14.8. The maximum absolute atomic E-state index is 12.1. The zero-order chi connectivity index (χ0) is 16.7. The summed E-state index contributed by atoms with van der Waals surface area (Å²) in [5.41, 5.74) is 4.23. The quantitative estimate of drug-likeness (QED) is 0.634. The van der Waals surface area contributed by atoms with E-state index < -0.39 is 6.04 Å². The van der Waals surface area contributed by atoms with Crippen molar-refractivity contribution < 1.29 is 14.6 Å². The predicted molar refractivity (Wildman–Crippen MR) is 90.9 cm³/mol. The lowest BCUT2D eigenvalue weighted by atomic mass is 9.90. The van der Waals surface area contributed by atoms with Crippen molar-refractivity contribution in [2.45, 2.75) is 18.5 Å². The summed E-state index contributed by atoms with van der Waals surface area (Å²) in [6.07, 6.45) is 0.584. The third-order valence-electron chi connectivity index (χ3n) is 4.62. The molecule has 2 atom stereocenters. The van der Waals surface area contributed by atoms with Crippen molar-refractivity contribution in [3.63, 3.8) is 0 Å². The Labute approximate surface area is 139 Å². The molecule has 0 fully saturated rings. The van der Waals surface area contributed by atoms with Gasteiger partial charge in [-0.1, -0.05) is 30.3 Å². The SMILES string of the molecule is COC(=O)C1Cc2c([nH]c3ccccc23)C(c2ccc(O)cc2)N1. The van der Waals surface area contributed by atoms with Crippen LogP contribution in [-0.4, -0.2) is 29.2 Å². The second kappa shape index (κ2) is 5.69. The van der Waals surface area contributed by atoms with Crippen molar-refractivity contribution in [3.05, 3.63) is 65.4 Å². The van der Waals surface area contributed by atoms with Gasteiger partial charge in [-0.15, -0.1) is 0 Å². The van der Waals surface area contributed by atoms with Gasteiger partial charge in [0, 0.05) is 23.0 Å². The Morgan fingerprint density at radius 1 is 1.17 bits per heavy atom. The summed E-state index contributed by atoms with van der Waals surface area (Å²) < 4.78 is 4.95. The molecule has 0 amide bonds. The van der Waals surface area contributed by atoms with Crippen molar-refractivity contribution >= 4 is 16.9 Å². The van der Waals surface area contributed by atoms with Crippen LogP contribution >= 0.6 is 0 Å². The molecule has 0 saturated heterocycles. The Morgan fingerprint density at radius 2 is 1.92 bits per heavy atom. The lowest BCUT2D eigenvalue weighted by molar-refractivity contribution is -0.143. The summed E-state index contributed by atoms with van der Waals surface area (Å²) in [7, 11) is 1.41. The van der Waals surface area contributed by atoms with Gasteiger partial charge in [0.2, 0.25) is 0 Å². The zero-order valence-corrected chi connectivity index (χ0v) is 13.2. The van der Waals surface area contributed by atoms with Crippen LogP contribution in [0.3, 0.4) is 0 Å². The fourth-order valence-corrected chi connectivity index (χ4v) is 3.46. The van der Waals surface area contributed by atoms with Crippen LogP contribution in [0.25, 0.3) is 10.9 Å². The molecule has 0 saturated carbocycles. The molecule has 0 spiro atoms. The van der Waals surface area contributed by atoms with Crippen LogP contribution in [0.5, 0.6) is 5.75 Å². The molecule has 3 aromatic rings. The van der Waals surface area contributed by atoms with Crippen LogP contribution < -0.4 is 5.32 Å². The van der Waals surface area contributed by atoms with Gasteiger partial charge in [-0.3, -0.25) is 10.1 Å². The summed E-state index contributed by atoms with van der Waals surface area (Å²) in [5.74, 6) is -0.0503. The second-order valence-electron chi connectivity index (χ2n) is 6.03. The number of methoxy groups -OCH3 is 1. The molecule has 2 heterocycles. The molecular weight excluding hydrogens is 304 g/mol. The number of esters is 1. The first-order chi connectivity index (χ1) is 11.7. The highest BCUT2D eigenvalue weighted by Gasteiger charge is 2.34. The molecule has 4 rings (SSSR count). The van der Waals surface area contributed by atoms with E-state index in [0.717, 1.165) is 27.7 Å². The molecule has 24 heavy (non-hydrogen) atoms. The number of H-pyrrole nitrogens is 1. The number of aromatic amines is 1. The van der Waals surface area contributed by atoms with E-state index in [2.05, 4.69) is 16.4 Å². The molecule has 0 bridgehead atoms. The number of carbonyl (C=O) groups is 1. The van der Waals surface area contributed by atoms with Crippen LogP contribution in [0, 0.1) is 0 Å². The van der Waals surface area contributed by atoms with E-state index in [1.54, 1.807) is 12.1 Å². The fourth-order valence-electron chi connectivity index (χ4n) is 3.46. The number of rotatable bonds is 2. The molecule has 1 aliphatic heterocycles. The monoisotopic (exact) mass is 322 g/mol. The Hall–Kier alpha value is -2.79. The highest BCUT2D eigenvalue weighted by Crippen LogP contribution is 2.35. The smallest absolute Gasteiger partial charge is 0.323 e. The van der Waals surface area contributed by atoms with Crippen molar-refractivity contribution in [2.75, 3.05) is 7.11 Å². The molecule has 1 aromatic heterocycles.